The standard InChI is InChI=1S/C8H15NO3/c1-8(12)4-2-3-6(5-8)9-7(10)11/h6,9,12H,2-5H2,1H3,(H,10,11)/t6-,8+/m1/s1. The monoisotopic (exact) mass is 173 g/mol. The second kappa shape index (κ2) is 3.31. The van der Waals surface area contributed by atoms with Crippen molar-refractivity contribution in [3.8, 4) is 0 Å². The highest BCUT2D eigenvalue weighted by molar-refractivity contribution is 5.64. The van der Waals surface area contributed by atoms with Crippen LogP contribution in [0.3, 0.4) is 0 Å². The van der Waals surface area contributed by atoms with E-state index in [4.69, 9.17) is 5.11 Å². The van der Waals surface area contributed by atoms with Gasteiger partial charge in [-0.25, -0.2) is 4.79 Å². The first-order valence-electron chi connectivity index (χ1n) is 4.21. The van der Waals surface area contributed by atoms with Crippen molar-refractivity contribution in [2.45, 2.75) is 44.2 Å². The first-order valence-corrected chi connectivity index (χ1v) is 4.21. The molecule has 4 nitrogen and oxygen atoms in total. The average molecular weight is 173 g/mol. The summed E-state index contributed by atoms with van der Waals surface area (Å²) in [6.07, 6.45) is 2.02. The van der Waals surface area contributed by atoms with Gasteiger partial charge in [0.25, 0.3) is 0 Å². The molecule has 1 aliphatic carbocycles. The van der Waals surface area contributed by atoms with Crippen LogP contribution in [0.1, 0.15) is 32.6 Å². The SMILES string of the molecule is C[C@]1(O)CCC[C@@H](NC(=O)O)C1. The minimum absolute atomic E-state index is 0.0775. The molecular weight excluding hydrogens is 158 g/mol. The van der Waals surface area contributed by atoms with Gasteiger partial charge in [-0.2, -0.15) is 0 Å². The first-order chi connectivity index (χ1) is 5.49. The van der Waals surface area contributed by atoms with Gasteiger partial charge in [-0.3, -0.25) is 0 Å². The largest absolute Gasteiger partial charge is 0.465 e. The molecule has 70 valence electrons. The van der Waals surface area contributed by atoms with Gasteiger partial charge in [0, 0.05) is 6.04 Å². The molecule has 2 atom stereocenters. The summed E-state index contributed by atoms with van der Waals surface area (Å²) in [4.78, 5) is 10.3. The summed E-state index contributed by atoms with van der Waals surface area (Å²) in [5, 5.41) is 20.5. The number of aliphatic hydroxyl groups is 1. The van der Waals surface area contributed by atoms with Crippen molar-refractivity contribution in [2.75, 3.05) is 0 Å². The second-order valence-corrected chi connectivity index (χ2v) is 3.74. The summed E-state index contributed by atoms with van der Waals surface area (Å²) >= 11 is 0. The van der Waals surface area contributed by atoms with Gasteiger partial charge in [-0.1, -0.05) is 0 Å². The third-order valence-electron chi connectivity index (χ3n) is 2.28. The van der Waals surface area contributed by atoms with Crippen molar-refractivity contribution < 1.29 is 15.0 Å². The minimum Gasteiger partial charge on any atom is -0.465 e. The number of amides is 1. The molecular formula is C8H15NO3. The Kier molecular flexibility index (Phi) is 2.57. The van der Waals surface area contributed by atoms with Crippen LogP contribution in [0.5, 0.6) is 0 Å². The number of hydrogen-bond acceptors (Lipinski definition) is 2. The van der Waals surface area contributed by atoms with E-state index in [0.717, 1.165) is 19.3 Å². The molecule has 0 radical (unpaired) electrons. The predicted octanol–water partition coefficient (Wildman–Crippen LogP) is 0.948. The Morgan fingerprint density at radius 1 is 1.67 bits per heavy atom. The lowest BCUT2D eigenvalue weighted by Gasteiger charge is -2.33. The highest BCUT2D eigenvalue weighted by Crippen LogP contribution is 2.27. The highest BCUT2D eigenvalue weighted by Gasteiger charge is 2.30. The Balaban J connectivity index is 2.41. The number of rotatable bonds is 1. The molecule has 3 N–H and O–H groups in total. The van der Waals surface area contributed by atoms with Crippen molar-refractivity contribution >= 4 is 6.09 Å². The summed E-state index contributed by atoms with van der Waals surface area (Å²) < 4.78 is 0. The molecule has 0 unspecified atom stereocenters. The molecule has 0 aromatic rings. The molecule has 1 fully saturated rings. The van der Waals surface area contributed by atoms with E-state index in [1.807, 2.05) is 0 Å². The van der Waals surface area contributed by atoms with Crippen molar-refractivity contribution in [1.82, 2.24) is 5.32 Å². The zero-order chi connectivity index (χ0) is 9.19. The van der Waals surface area contributed by atoms with Crippen LogP contribution in [0.25, 0.3) is 0 Å². The minimum atomic E-state index is -1.00. The number of carbonyl (C=O) groups is 1. The van der Waals surface area contributed by atoms with Crippen LogP contribution in [0.4, 0.5) is 4.79 Å². The maximum atomic E-state index is 10.3. The average Bonchev–Trinajstić information content (AvgIpc) is 1.82. The van der Waals surface area contributed by atoms with Crippen LogP contribution < -0.4 is 5.32 Å². The van der Waals surface area contributed by atoms with Gasteiger partial charge in [-0.15, -0.1) is 0 Å². The van der Waals surface area contributed by atoms with Crippen LogP contribution in [-0.4, -0.2) is 27.9 Å². The van der Waals surface area contributed by atoms with Gasteiger partial charge in [0.1, 0.15) is 0 Å². The molecule has 1 saturated carbocycles. The van der Waals surface area contributed by atoms with Gasteiger partial charge in [0.15, 0.2) is 0 Å². The van der Waals surface area contributed by atoms with Crippen molar-refractivity contribution in [1.29, 1.82) is 0 Å². The van der Waals surface area contributed by atoms with E-state index in [9.17, 15) is 9.90 Å². The topological polar surface area (TPSA) is 69.6 Å². The number of carboxylic acid groups (broad SMARTS) is 1. The first kappa shape index (κ1) is 9.32. The Labute approximate surface area is 71.6 Å². The lowest BCUT2D eigenvalue weighted by molar-refractivity contribution is 0.0109. The molecule has 1 aliphatic rings. The molecule has 0 aromatic carbocycles. The Bertz CT molecular complexity index is 179. The summed E-state index contributed by atoms with van der Waals surface area (Å²) in [5.41, 5.74) is -0.689. The van der Waals surface area contributed by atoms with Crippen LogP contribution >= 0.6 is 0 Å². The molecule has 4 heteroatoms. The third kappa shape index (κ3) is 2.70. The van der Waals surface area contributed by atoms with Gasteiger partial charge < -0.3 is 15.5 Å². The van der Waals surface area contributed by atoms with Crippen molar-refractivity contribution in [3.63, 3.8) is 0 Å². The lowest BCUT2D eigenvalue weighted by Crippen LogP contribution is -2.43. The molecule has 0 saturated heterocycles. The Morgan fingerprint density at radius 2 is 2.33 bits per heavy atom. The molecule has 0 aromatic heterocycles. The van der Waals surface area contributed by atoms with Crippen LogP contribution in [0.2, 0.25) is 0 Å². The second-order valence-electron chi connectivity index (χ2n) is 3.74. The maximum absolute atomic E-state index is 10.3. The third-order valence-corrected chi connectivity index (χ3v) is 2.28. The molecule has 0 aliphatic heterocycles. The van der Waals surface area contributed by atoms with Gasteiger partial charge in [0.2, 0.25) is 0 Å². The van der Waals surface area contributed by atoms with E-state index in [0.29, 0.717) is 6.42 Å². The highest BCUT2D eigenvalue weighted by atomic mass is 16.4. The van der Waals surface area contributed by atoms with E-state index < -0.39 is 11.7 Å². The molecule has 0 heterocycles. The number of nitrogens with one attached hydrogen (secondary N) is 1. The molecule has 12 heavy (non-hydrogen) atoms. The molecule has 0 spiro atoms. The van der Waals surface area contributed by atoms with Crippen LogP contribution in [0, 0.1) is 0 Å². The van der Waals surface area contributed by atoms with Crippen LogP contribution in [-0.2, 0) is 0 Å². The normalized spacial score (nSPS) is 36.0. The van der Waals surface area contributed by atoms with E-state index in [1.165, 1.54) is 0 Å². The van der Waals surface area contributed by atoms with Gasteiger partial charge in [-0.05, 0) is 32.6 Å². The Hall–Kier alpha value is -0.770. The lowest BCUT2D eigenvalue weighted by atomic mass is 9.83. The van der Waals surface area contributed by atoms with E-state index >= 15 is 0 Å². The van der Waals surface area contributed by atoms with Crippen molar-refractivity contribution in [2.24, 2.45) is 0 Å². The quantitative estimate of drug-likeness (QED) is 0.553. The fraction of sp³-hybridized carbons (Fsp3) is 0.875. The predicted molar refractivity (Wildman–Crippen MR) is 44.0 cm³/mol. The smallest absolute Gasteiger partial charge is 0.404 e. The number of hydrogen-bond donors (Lipinski definition) is 3. The summed E-state index contributed by atoms with van der Waals surface area (Å²) in [7, 11) is 0. The summed E-state index contributed by atoms with van der Waals surface area (Å²) in [5.74, 6) is 0. The zero-order valence-corrected chi connectivity index (χ0v) is 7.21. The van der Waals surface area contributed by atoms with E-state index in [1.54, 1.807) is 6.92 Å². The fourth-order valence-electron chi connectivity index (χ4n) is 1.76. The van der Waals surface area contributed by atoms with Crippen molar-refractivity contribution in [3.05, 3.63) is 0 Å². The molecule has 0 bridgehead atoms. The van der Waals surface area contributed by atoms with E-state index in [2.05, 4.69) is 5.32 Å². The fourth-order valence-corrected chi connectivity index (χ4v) is 1.76. The summed E-state index contributed by atoms with van der Waals surface area (Å²) in [6, 6.07) is -0.0775. The Morgan fingerprint density at radius 3 is 2.83 bits per heavy atom. The zero-order valence-electron chi connectivity index (χ0n) is 7.21. The van der Waals surface area contributed by atoms with E-state index in [-0.39, 0.29) is 6.04 Å². The summed E-state index contributed by atoms with van der Waals surface area (Å²) in [6.45, 7) is 1.75. The van der Waals surface area contributed by atoms with Gasteiger partial charge >= 0.3 is 6.09 Å². The molecule has 1 rings (SSSR count). The van der Waals surface area contributed by atoms with Gasteiger partial charge in [0.05, 0.1) is 5.60 Å². The van der Waals surface area contributed by atoms with Crippen LogP contribution in [0.15, 0.2) is 0 Å². The molecule has 1 amide bonds. The maximum Gasteiger partial charge on any atom is 0.404 e.